The Kier molecular flexibility index (Phi) is 8.67. The summed E-state index contributed by atoms with van der Waals surface area (Å²) in [5.74, 6) is -2.31. The molecule has 5 rings (SSSR count). The van der Waals surface area contributed by atoms with Crippen LogP contribution in [-0.4, -0.2) is 53.6 Å². The lowest BCUT2D eigenvalue weighted by molar-refractivity contribution is -0.143. The van der Waals surface area contributed by atoms with Gasteiger partial charge in [-0.2, -0.15) is 26.3 Å². The number of anilines is 2. The van der Waals surface area contributed by atoms with Crippen LogP contribution in [-0.2, 0) is 23.6 Å². The van der Waals surface area contributed by atoms with Crippen LogP contribution in [0.2, 0.25) is 0 Å². The number of benzene rings is 1. The van der Waals surface area contributed by atoms with Crippen LogP contribution in [0.4, 0.5) is 51.4 Å². The van der Waals surface area contributed by atoms with E-state index in [4.69, 9.17) is 4.74 Å². The van der Waals surface area contributed by atoms with Crippen molar-refractivity contribution < 1.29 is 44.7 Å². The molecule has 6 nitrogen and oxygen atoms in total. The number of carbonyl (C=O) groups excluding carboxylic acids is 1. The van der Waals surface area contributed by atoms with Crippen molar-refractivity contribution in [3.8, 4) is 0 Å². The monoisotopic (exact) mass is 634 g/mol. The molecule has 2 aromatic rings. The van der Waals surface area contributed by atoms with E-state index in [-0.39, 0.29) is 31.6 Å². The molecule has 2 saturated heterocycles. The van der Waals surface area contributed by atoms with Crippen LogP contribution in [0.25, 0.3) is 0 Å². The topological polar surface area (TPSA) is 48.9 Å². The molecular weight excluding hydrogens is 600 g/mol. The van der Waals surface area contributed by atoms with Crippen LogP contribution in [0.3, 0.4) is 0 Å². The molecule has 0 N–H and O–H groups in total. The molecule has 1 aliphatic carbocycles. The molecule has 1 aromatic heterocycles. The number of hydrogen-bond donors (Lipinski definition) is 0. The molecule has 44 heavy (non-hydrogen) atoms. The van der Waals surface area contributed by atoms with Gasteiger partial charge in [0.2, 0.25) is 0 Å². The molecule has 14 heteroatoms. The molecule has 0 bridgehead atoms. The number of alkyl halides is 8. The first-order valence-electron chi connectivity index (χ1n) is 14.7. The van der Waals surface area contributed by atoms with Gasteiger partial charge >= 0.3 is 18.4 Å². The largest absolute Gasteiger partial charge is 0.439 e. The molecule has 1 amide bonds. The summed E-state index contributed by atoms with van der Waals surface area (Å²) in [5, 5.41) is 0. The number of amides is 1. The molecule has 2 atom stereocenters. The highest BCUT2D eigenvalue weighted by molar-refractivity contribution is 5.72. The van der Waals surface area contributed by atoms with Gasteiger partial charge in [-0.1, -0.05) is 19.3 Å². The summed E-state index contributed by atoms with van der Waals surface area (Å²) < 4.78 is 115. The number of cyclic esters (lactones) is 1. The molecule has 3 heterocycles. The molecule has 3 fully saturated rings. The number of carbonyl (C=O) groups is 1. The van der Waals surface area contributed by atoms with Gasteiger partial charge in [0.1, 0.15) is 11.9 Å². The third kappa shape index (κ3) is 6.68. The van der Waals surface area contributed by atoms with Gasteiger partial charge in [-0.15, -0.1) is 0 Å². The Morgan fingerprint density at radius 2 is 1.64 bits per heavy atom. The summed E-state index contributed by atoms with van der Waals surface area (Å²) in [4.78, 5) is 22.7. The van der Waals surface area contributed by atoms with Gasteiger partial charge in [-0.05, 0) is 56.5 Å². The average molecular weight is 635 g/mol. The Morgan fingerprint density at radius 3 is 2.18 bits per heavy atom. The van der Waals surface area contributed by atoms with E-state index in [0.717, 1.165) is 32.1 Å². The van der Waals surface area contributed by atoms with Crippen LogP contribution >= 0.6 is 0 Å². The van der Waals surface area contributed by atoms with E-state index in [9.17, 15) is 39.9 Å². The van der Waals surface area contributed by atoms with Gasteiger partial charge < -0.3 is 14.5 Å². The maximum Gasteiger partial charge on any atom is 0.416 e. The van der Waals surface area contributed by atoms with Gasteiger partial charge in [0, 0.05) is 31.1 Å². The quantitative estimate of drug-likeness (QED) is 0.288. The second kappa shape index (κ2) is 11.9. The Balaban J connectivity index is 1.49. The van der Waals surface area contributed by atoms with Crippen LogP contribution in [0.15, 0.2) is 30.5 Å². The zero-order chi connectivity index (χ0) is 32.0. The highest BCUT2D eigenvalue weighted by Gasteiger charge is 2.44. The number of nitrogens with zero attached hydrogens (tertiary/aromatic N) is 4. The zero-order valence-electron chi connectivity index (χ0n) is 24.3. The molecule has 0 spiro atoms. The van der Waals surface area contributed by atoms with Crippen molar-refractivity contribution in [3.63, 3.8) is 0 Å². The number of pyridine rings is 1. The Morgan fingerprint density at radius 1 is 1.00 bits per heavy atom. The first-order valence-corrected chi connectivity index (χ1v) is 14.7. The maximum atomic E-state index is 14.0. The van der Waals surface area contributed by atoms with Gasteiger partial charge in [-0.25, -0.2) is 18.6 Å². The van der Waals surface area contributed by atoms with E-state index >= 15 is 0 Å². The van der Waals surface area contributed by atoms with Crippen molar-refractivity contribution in [1.82, 2.24) is 9.88 Å². The number of rotatable bonds is 7. The number of halogens is 8. The summed E-state index contributed by atoms with van der Waals surface area (Å²) in [7, 11) is 0. The van der Waals surface area contributed by atoms with Crippen molar-refractivity contribution >= 4 is 17.6 Å². The smallest absolute Gasteiger partial charge is 0.416 e. The molecule has 2 unspecified atom stereocenters. The number of aromatic nitrogens is 1. The van der Waals surface area contributed by atoms with Crippen LogP contribution in [0.5, 0.6) is 0 Å². The fourth-order valence-corrected chi connectivity index (χ4v) is 6.45. The van der Waals surface area contributed by atoms with Gasteiger partial charge in [-0.3, -0.25) is 4.90 Å². The van der Waals surface area contributed by atoms with E-state index in [1.807, 2.05) is 6.92 Å². The molecule has 1 aromatic carbocycles. The minimum absolute atomic E-state index is 0.0264. The molecular formula is C30H34F8N4O2. The highest BCUT2D eigenvalue weighted by atomic mass is 19.4. The number of hydrogen-bond acceptors (Lipinski definition) is 5. The van der Waals surface area contributed by atoms with Crippen LogP contribution in [0, 0.1) is 0 Å². The lowest BCUT2D eigenvalue weighted by atomic mass is 9.94. The highest BCUT2D eigenvalue weighted by Crippen LogP contribution is 2.42. The summed E-state index contributed by atoms with van der Waals surface area (Å²) in [6.45, 7) is 3.51. The predicted molar refractivity (Wildman–Crippen MR) is 147 cm³/mol. The molecule has 3 aliphatic rings. The Bertz CT molecular complexity index is 1330. The SMILES string of the molecule is CCN(c1ncc(N2CCC(F)(F)C2)cc1CN1C(=O)OC(c2cc(C(F)(F)F)cc(C(F)(F)F)c2)C1C)C1CCCCC1. The summed E-state index contributed by atoms with van der Waals surface area (Å²) >= 11 is 0. The minimum atomic E-state index is -5.06. The Labute approximate surface area is 250 Å². The standard InChI is InChI=1S/C30H34F8N4O2/c1-3-41(23-7-5-4-6-8-23)26-20(13-24(15-39-26)40-10-9-28(31,32)17-40)16-42-18(2)25(44-27(42)43)19-11-21(29(33,34)35)14-22(12-19)30(36,37)38/h11-15,18,23,25H,3-10,16-17H2,1-2H3. The minimum Gasteiger partial charge on any atom is -0.439 e. The van der Waals surface area contributed by atoms with Crippen LogP contribution in [0.1, 0.15) is 80.7 Å². The van der Waals surface area contributed by atoms with E-state index < -0.39 is 59.7 Å². The van der Waals surface area contributed by atoms with Crippen molar-refractivity contribution in [2.45, 2.75) is 95.4 Å². The van der Waals surface area contributed by atoms with Gasteiger partial charge in [0.15, 0.2) is 0 Å². The van der Waals surface area contributed by atoms with Gasteiger partial charge in [0.25, 0.3) is 5.92 Å². The third-order valence-corrected chi connectivity index (χ3v) is 8.76. The zero-order valence-corrected chi connectivity index (χ0v) is 24.3. The third-order valence-electron chi connectivity index (χ3n) is 8.76. The second-order valence-corrected chi connectivity index (χ2v) is 11.8. The van der Waals surface area contributed by atoms with E-state index in [0.29, 0.717) is 35.7 Å². The van der Waals surface area contributed by atoms with Crippen molar-refractivity contribution in [2.75, 3.05) is 29.4 Å². The fourth-order valence-electron chi connectivity index (χ4n) is 6.45. The summed E-state index contributed by atoms with van der Waals surface area (Å²) in [6, 6.07) is 2.06. The Hall–Kier alpha value is -3.32. The normalized spacial score (nSPS) is 22.9. The predicted octanol–water partition coefficient (Wildman–Crippen LogP) is 8.21. The fraction of sp³-hybridized carbons (Fsp3) is 0.600. The molecule has 1 saturated carbocycles. The van der Waals surface area contributed by atoms with Crippen molar-refractivity contribution in [3.05, 3.63) is 52.7 Å². The second-order valence-electron chi connectivity index (χ2n) is 11.8. The molecule has 0 radical (unpaired) electrons. The van der Waals surface area contributed by atoms with Crippen molar-refractivity contribution in [2.24, 2.45) is 0 Å². The first-order chi connectivity index (χ1) is 20.6. The van der Waals surface area contributed by atoms with Gasteiger partial charge in [0.05, 0.1) is 42.1 Å². The lowest BCUT2D eigenvalue weighted by Gasteiger charge is -2.36. The molecule has 2 aliphatic heterocycles. The number of ether oxygens (including phenoxy) is 1. The maximum absolute atomic E-state index is 14.0. The average Bonchev–Trinajstić information content (AvgIpc) is 3.47. The molecule has 242 valence electrons. The lowest BCUT2D eigenvalue weighted by Crippen LogP contribution is -2.39. The summed E-state index contributed by atoms with van der Waals surface area (Å²) in [6.07, 6.45) is -6.20. The van der Waals surface area contributed by atoms with Crippen molar-refractivity contribution in [1.29, 1.82) is 0 Å². The summed E-state index contributed by atoms with van der Waals surface area (Å²) in [5.41, 5.74) is -2.48. The first kappa shape index (κ1) is 32.1. The van der Waals surface area contributed by atoms with E-state index in [1.54, 1.807) is 6.07 Å². The van der Waals surface area contributed by atoms with Crippen LogP contribution < -0.4 is 9.80 Å². The van der Waals surface area contributed by atoms with E-state index in [2.05, 4.69) is 9.88 Å². The van der Waals surface area contributed by atoms with E-state index in [1.165, 1.54) is 22.9 Å².